The number of rotatable bonds is 2. The molecule has 1 heterocycles. The van der Waals surface area contributed by atoms with Gasteiger partial charge in [0.2, 0.25) is 0 Å². The molecule has 4 heteroatoms. The average molecular weight is 162 g/mol. The van der Waals surface area contributed by atoms with Gasteiger partial charge in [0.15, 0.2) is 0 Å². The molecule has 0 spiro atoms. The van der Waals surface area contributed by atoms with Crippen LogP contribution >= 0.6 is 0 Å². The van der Waals surface area contributed by atoms with Crippen LogP contribution in [0.25, 0.3) is 0 Å². The summed E-state index contributed by atoms with van der Waals surface area (Å²) >= 11 is 0. The van der Waals surface area contributed by atoms with Gasteiger partial charge in [-0.05, 0) is 6.42 Å². The smallest absolute Gasteiger partial charge is 0.112 e. The first-order valence-electron chi connectivity index (χ1n) is 3.82. The standard InChI is InChI=1S/C7H14O4/c1-2-4(8)7-6(10)5(9)3-11-7/h4-10H,2-3H2,1H3/t4-,5-,6+,7+/m1/s1. The maximum Gasteiger partial charge on any atom is 0.112 e. The summed E-state index contributed by atoms with van der Waals surface area (Å²) < 4.78 is 4.98. The fourth-order valence-corrected chi connectivity index (χ4v) is 1.20. The Labute approximate surface area is 65.4 Å². The third-order valence-corrected chi connectivity index (χ3v) is 1.99. The Balaban J connectivity index is 2.47. The second kappa shape index (κ2) is 3.49. The highest BCUT2D eigenvalue weighted by atomic mass is 16.5. The highest BCUT2D eigenvalue weighted by molar-refractivity contribution is 4.87. The molecule has 1 rings (SSSR count). The van der Waals surface area contributed by atoms with Gasteiger partial charge in [-0.2, -0.15) is 0 Å². The third-order valence-electron chi connectivity index (χ3n) is 1.99. The first-order chi connectivity index (χ1) is 5.16. The zero-order valence-corrected chi connectivity index (χ0v) is 6.47. The Morgan fingerprint density at radius 3 is 2.55 bits per heavy atom. The summed E-state index contributed by atoms with van der Waals surface area (Å²) in [6, 6.07) is 0. The number of aliphatic hydroxyl groups excluding tert-OH is 3. The molecule has 1 aliphatic rings. The van der Waals surface area contributed by atoms with E-state index in [9.17, 15) is 10.2 Å². The topological polar surface area (TPSA) is 69.9 Å². The Kier molecular flexibility index (Phi) is 2.84. The van der Waals surface area contributed by atoms with Crippen LogP contribution in [0.15, 0.2) is 0 Å². The van der Waals surface area contributed by atoms with E-state index in [1.54, 1.807) is 6.92 Å². The molecule has 0 aromatic carbocycles. The zero-order valence-electron chi connectivity index (χ0n) is 6.47. The molecule has 0 radical (unpaired) electrons. The summed E-state index contributed by atoms with van der Waals surface area (Å²) in [5.74, 6) is 0. The molecule has 4 atom stereocenters. The predicted molar refractivity (Wildman–Crippen MR) is 38.1 cm³/mol. The molecule has 4 nitrogen and oxygen atoms in total. The molecule has 66 valence electrons. The largest absolute Gasteiger partial charge is 0.390 e. The van der Waals surface area contributed by atoms with Crippen LogP contribution in [0.4, 0.5) is 0 Å². The lowest BCUT2D eigenvalue weighted by Gasteiger charge is -2.19. The van der Waals surface area contributed by atoms with E-state index in [0.717, 1.165) is 0 Å². The first-order valence-corrected chi connectivity index (χ1v) is 3.82. The van der Waals surface area contributed by atoms with Crippen LogP contribution in [0.5, 0.6) is 0 Å². The van der Waals surface area contributed by atoms with Crippen LogP contribution < -0.4 is 0 Å². The van der Waals surface area contributed by atoms with Crippen molar-refractivity contribution in [2.24, 2.45) is 0 Å². The van der Waals surface area contributed by atoms with E-state index in [4.69, 9.17) is 9.84 Å². The van der Waals surface area contributed by atoms with E-state index in [-0.39, 0.29) is 6.61 Å². The van der Waals surface area contributed by atoms with E-state index in [2.05, 4.69) is 0 Å². The number of ether oxygens (including phenoxy) is 1. The quantitative estimate of drug-likeness (QED) is 0.481. The maximum atomic E-state index is 9.25. The minimum absolute atomic E-state index is 0.114. The molecule has 0 unspecified atom stereocenters. The lowest BCUT2D eigenvalue weighted by atomic mass is 10.0. The lowest BCUT2D eigenvalue weighted by molar-refractivity contribution is -0.0513. The van der Waals surface area contributed by atoms with Crippen LogP contribution in [0.2, 0.25) is 0 Å². The van der Waals surface area contributed by atoms with Crippen molar-refractivity contribution in [3.8, 4) is 0 Å². The minimum Gasteiger partial charge on any atom is -0.390 e. The van der Waals surface area contributed by atoms with E-state index >= 15 is 0 Å². The normalized spacial score (nSPS) is 40.9. The van der Waals surface area contributed by atoms with Gasteiger partial charge in [-0.25, -0.2) is 0 Å². The van der Waals surface area contributed by atoms with Gasteiger partial charge < -0.3 is 20.1 Å². The molecule has 0 aromatic heterocycles. The van der Waals surface area contributed by atoms with Crippen molar-refractivity contribution < 1.29 is 20.1 Å². The van der Waals surface area contributed by atoms with Crippen LogP contribution in [0.1, 0.15) is 13.3 Å². The lowest BCUT2D eigenvalue weighted by Crippen LogP contribution is -2.38. The summed E-state index contributed by atoms with van der Waals surface area (Å²) in [5.41, 5.74) is 0. The second-order valence-electron chi connectivity index (χ2n) is 2.83. The summed E-state index contributed by atoms with van der Waals surface area (Å²) in [7, 11) is 0. The number of hydrogen-bond acceptors (Lipinski definition) is 4. The van der Waals surface area contributed by atoms with Gasteiger partial charge in [0.25, 0.3) is 0 Å². The molecule has 0 saturated carbocycles. The fourth-order valence-electron chi connectivity index (χ4n) is 1.20. The highest BCUT2D eigenvalue weighted by Gasteiger charge is 2.38. The number of aliphatic hydroxyl groups is 3. The van der Waals surface area contributed by atoms with Crippen molar-refractivity contribution in [3.05, 3.63) is 0 Å². The molecule has 0 amide bonds. The Hall–Kier alpha value is -0.160. The molecule has 11 heavy (non-hydrogen) atoms. The monoisotopic (exact) mass is 162 g/mol. The third kappa shape index (κ3) is 1.70. The molecule has 0 aromatic rings. The van der Waals surface area contributed by atoms with Crippen LogP contribution in [-0.4, -0.2) is 46.3 Å². The van der Waals surface area contributed by atoms with Gasteiger partial charge in [-0.15, -0.1) is 0 Å². The second-order valence-corrected chi connectivity index (χ2v) is 2.83. The van der Waals surface area contributed by atoms with E-state index in [1.165, 1.54) is 0 Å². The van der Waals surface area contributed by atoms with E-state index in [1.807, 2.05) is 0 Å². The molecule has 1 aliphatic heterocycles. The van der Waals surface area contributed by atoms with Gasteiger partial charge >= 0.3 is 0 Å². The van der Waals surface area contributed by atoms with E-state index < -0.39 is 24.4 Å². The van der Waals surface area contributed by atoms with Crippen molar-refractivity contribution in [1.29, 1.82) is 0 Å². The van der Waals surface area contributed by atoms with Gasteiger partial charge in [0.05, 0.1) is 12.7 Å². The summed E-state index contributed by atoms with van der Waals surface area (Å²) in [4.78, 5) is 0. The first kappa shape index (κ1) is 8.93. The SMILES string of the molecule is CC[C@@H](O)[C@@H]1OC[C@@H](O)[C@@H]1O. The average Bonchev–Trinajstić information content (AvgIpc) is 2.32. The molecule has 0 bridgehead atoms. The molecular formula is C7H14O4. The summed E-state index contributed by atoms with van der Waals surface area (Å²) in [6.45, 7) is 1.91. The Bertz CT molecular complexity index is 128. The maximum absolute atomic E-state index is 9.25. The van der Waals surface area contributed by atoms with Crippen LogP contribution in [-0.2, 0) is 4.74 Å². The van der Waals surface area contributed by atoms with Crippen LogP contribution in [0.3, 0.4) is 0 Å². The molecule has 1 fully saturated rings. The Morgan fingerprint density at radius 2 is 2.18 bits per heavy atom. The van der Waals surface area contributed by atoms with Gasteiger partial charge in [0.1, 0.15) is 18.3 Å². The zero-order chi connectivity index (χ0) is 8.43. The molecule has 0 aliphatic carbocycles. The van der Waals surface area contributed by atoms with Crippen molar-refractivity contribution >= 4 is 0 Å². The minimum atomic E-state index is -0.940. The molecule has 1 saturated heterocycles. The predicted octanol–water partition coefficient (Wildman–Crippen LogP) is -1.12. The van der Waals surface area contributed by atoms with Crippen LogP contribution in [0, 0.1) is 0 Å². The van der Waals surface area contributed by atoms with Crippen molar-refractivity contribution in [3.63, 3.8) is 0 Å². The fraction of sp³-hybridized carbons (Fsp3) is 1.00. The highest BCUT2D eigenvalue weighted by Crippen LogP contribution is 2.18. The molecule has 3 N–H and O–H groups in total. The van der Waals surface area contributed by atoms with E-state index in [0.29, 0.717) is 6.42 Å². The number of hydrogen-bond donors (Lipinski definition) is 3. The summed E-state index contributed by atoms with van der Waals surface area (Å²) in [5, 5.41) is 27.5. The van der Waals surface area contributed by atoms with Crippen molar-refractivity contribution in [1.82, 2.24) is 0 Å². The van der Waals surface area contributed by atoms with Crippen molar-refractivity contribution in [2.45, 2.75) is 37.8 Å². The van der Waals surface area contributed by atoms with Gasteiger partial charge in [-0.1, -0.05) is 6.92 Å². The van der Waals surface area contributed by atoms with Gasteiger partial charge in [-0.3, -0.25) is 0 Å². The Morgan fingerprint density at radius 1 is 1.55 bits per heavy atom. The summed E-state index contributed by atoms with van der Waals surface area (Å²) in [6.07, 6.45) is -2.56. The van der Waals surface area contributed by atoms with Gasteiger partial charge in [0, 0.05) is 0 Å². The van der Waals surface area contributed by atoms with Crippen molar-refractivity contribution in [2.75, 3.05) is 6.61 Å². The molecular weight excluding hydrogens is 148 g/mol.